The third kappa shape index (κ3) is 7.46. The van der Waals surface area contributed by atoms with Crippen LogP contribution in [0.15, 0.2) is 29.3 Å². The summed E-state index contributed by atoms with van der Waals surface area (Å²) in [6.07, 6.45) is 1.42. The van der Waals surface area contributed by atoms with Gasteiger partial charge in [-0.3, -0.25) is 9.79 Å². The Morgan fingerprint density at radius 1 is 1.13 bits per heavy atom. The first-order chi connectivity index (χ1) is 14.6. The van der Waals surface area contributed by atoms with Gasteiger partial charge in [0.25, 0.3) is 5.91 Å². The first-order valence-electron chi connectivity index (χ1n) is 10.5. The second-order valence-electron chi connectivity index (χ2n) is 6.85. The van der Waals surface area contributed by atoms with E-state index in [2.05, 4.69) is 20.9 Å². The predicted octanol–water partition coefficient (Wildman–Crippen LogP) is 1.60. The summed E-state index contributed by atoms with van der Waals surface area (Å²) in [7, 11) is 1.59. The molecular weight excluding hydrogens is 386 g/mol. The molecule has 0 aromatic heterocycles. The third-order valence-corrected chi connectivity index (χ3v) is 4.73. The predicted molar refractivity (Wildman–Crippen MR) is 116 cm³/mol. The first kappa shape index (κ1) is 23.3. The van der Waals surface area contributed by atoms with Gasteiger partial charge in [0.1, 0.15) is 5.75 Å². The number of carbonyl (C=O) groups excluding carboxylic acids is 2. The van der Waals surface area contributed by atoms with Gasteiger partial charge in [0.05, 0.1) is 20.3 Å². The molecule has 1 aromatic rings. The molecule has 1 aliphatic rings. The van der Waals surface area contributed by atoms with Gasteiger partial charge in [-0.15, -0.1) is 0 Å². The van der Waals surface area contributed by atoms with Gasteiger partial charge in [-0.1, -0.05) is 0 Å². The fourth-order valence-corrected chi connectivity index (χ4v) is 3.12. The Bertz CT molecular complexity index is 700. The highest BCUT2D eigenvalue weighted by Gasteiger charge is 2.24. The molecule has 0 radical (unpaired) electrons. The highest BCUT2D eigenvalue weighted by molar-refractivity contribution is 5.94. The molecule has 3 N–H and O–H groups in total. The van der Waals surface area contributed by atoms with Crippen molar-refractivity contribution in [3.8, 4) is 5.75 Å². The smallest absolute Gasteiger partial charge is 0.409 e. The van der Waals surface area contributed by atoms with Crippen LogP contribution in [0.25, 0.3) is 0 Å². The highest BCUT2D eigenvalue weighted by Crippen LogP contribution is 2.12. The van der Waals surface area contributed by atoms with E-state index in [0.29, 0.717) is 50.1 Å². The standard InChI is InChI=1S/C21H33N5O4/c1-4-22-20(25-17-10-14-26(15-11-17)21(28)30-5-2)24-13-12-23-19(27)16-6-8-18(29-3)9-7-16/h6-9,17H,4-5,10-15H2,1-3H3,(H,23,27)(H2,22,24,25). The Balaban J connectivity index is 1.76. The number of aliphatic imine (C=N–C) groups is 1. The molecule has 0 atom stereocenters. The summed E-state index contributed by atoms with van der Waals surface area (Å²) >= 11 is 0. The molecule has 0 spiro atoms. The third-order valence-electron chi connectivity index (χ3n) is 4.73. The number of piperidine rings is 1. The van der Waals surface area contributed by atoms with E-state index in [9.17, 15) is 9.59 Å². The molecule has 1 aliphatic heterocycles. The molecule has 2 amide bonds. The number of nitrogens with zero attached hydrogens (tertiary/aromatic N) is 2. The van der Waals surface area contributed by atoms with Crippen molar-refractivity contribution < 1.29 is 19.1 Å². The first-order valence-corrected chi connectivity index (χ1v) is 10.5. The topological polar surface area (TPSA) is 104 Å². The van der Waals surface area contributed by atoms with E-state index in [1.165, 1.54) is 0 Å². The number of carbonyl (C=O) groups is 2. The van der Waals surface area contributed by atoms with Gasteiger partial charge >= 0.3 is 6.09 Å². The van der Waals surface area contributed by atoms with E-state index in [1.807, 2.05) is 13.8 Å². The van der Waals surface area contributed by atoms with Gasteiger partial charge < -0.3 is 30.3 Å². The Hall–Kier alpha value is -2.97. The number of hydrogen-bond acceptors (Lipinski definition) is 5. The zero-order chi connectivity index (χ0) is 21.8. The van der Waals surface area contributed by atoms with Gasteiger partial charge in [0, 0.05) is 37.8 Å². The maximum absolute atomic E-state index is 12.2. The van der Waals surface area contributed by atoms with Crippen molar-refractivity contribution in [2.24, 2.45) is 4.99 Å². The van der Waals surface area contributed by atoms with Crippen molar-refractivity contribution in [1.29, 1.82) is 0 Å². The zero-order valence-electron chi connectivity index (χ0n) is 18.1. The normalized spacial score (nSPS) is 14.8. The van der Waals surface area contributed by atoms with E-state index in [4.69, 9.17) is 9.47 Å². The Morgan fingerprint density at radius 3 is 2.43 bits per heavy atom. The summed E-state index contributed by atoms with van der Waals surface area (Å²) in [4.78, 5) is 30.3. The largest absolute Gasteiger partial charge is 0.497 e. The van der Waals surface area contributed by atoms with Gasteiger partial charge in [-0.2, -0.15) is 0 Å². The lowest BCUT2D eigenvalue weighted by Crippen LogP contribution is -2.50. The molecule has 0 unspecified atom stereocenters. The van der Waals surface area contributed by atoms with Crippen molar-refractivity contribution in [2.45, 2.75) is 32.7 Å². The van der Waals surface area contributed by atoms with Crippen LogP contribution in [0.3, 0.4) is 0 Å². The van der Waals surface area contributed by atoms with Crippen LogP contribution in [0.5, 0.6) is 5.75 Å². The van der Waals surface area contributed by atoms with Crippen molar-refractivity contribution >= 4 is 18.0 Å². The lowest BCUT2D eigenvalue weighted by atomic mass is 10.1. The van der Waals surface area contributed by atoms with Gasteiger partial charge in [-0.05, 0) is 51.0 Å². The average Bonchev–Trinajstić information content (AvgIpc) is 2.77. The molecule has 1 aromatic carbocycles. The molecular formula is C21H33N5O4. The summed E-state index contributed by atoms with van der Waals surface area (Å²) < 4.78 is 10.2. The number of hydrogen-bond donors (Lipinski definition) is 3. The number of rotatable bonds is 8. The number of amides is 2. The molecule has 30 heavy (non-hydrogen) atoms. The minimum atomic E-state index is -0.246. The summed E-state index contributed by atoms with van der Waals surface area (Å²) in [5, 5.41) is 9.51. The summed E-state index contributed by atoms with van der Waals surface area (Å²) in [6, 6.07) is 7.21. The quantitative estimate of drug-likeness (QED) is 0.336. The Kier molecular flexibility index (Phi) is 9.76. The van der Waals surface area contributed by atoms with Crippen LogP contribution in [-0.4, -0.2) is 75.3 Å². The Morgan fingerprint density at radius 2 is 1.83 bits per heavy atom. The average molecular weight is 420 g/mol. The van der Waals surface area contributed by atoms with Gasteiger partial charge in [0.2, 0.25) is 0 Å². The van der Waals surface area contributed by atoms with E-state index < -0.39 is 0 Å². The molecule has 166 valence electrons. The molecule has 0 bridgehead atoms. The summed E-state index contributed by atoms with van der Waals surface area (Å²) in [5.74, 6) is 1.29. The minimum absolute atomic E-state index is 0.142. The van der Waals surface area contributed by atoms with Crippen LogP contribution in [0.2, 0.25) is 0 Å². The maximum atomic E-state index is 12.2. The van der Waals surface area contributed by atoms with Crippen LogP contribution in [0.4, 0.5) is 4.79 Å². The van der Waals surface area contributed by atoms with Crippen LogP contribution >= 0.6 is 0 Å². The number of ether oxygens (including phenoxy) is 2. The summed E-state index contributed by atoms with van der Waals surface area (Å²) in [5.41, 5.74) is 0.582. The van der Waals surface area contributed by atoms with Crippen LogP contribution in [0, 0.1) is 0 Å². The number of guanidine groups is 1. The number of likely N-dealkylation sites (tertiary alicyclic amines) is 1. The van der Waals surface area contributed by atoms with Crippen molar-refractivity contribution in [3.63, 3.8) is 0 Å². The van der Waals surface area contributed by atoms with E-state index in [-0.39, 0.29) is 18.0 Å². The highest BCUT2D eigenvalue weighted by atomic mass is 16.6. The van der Waals surface area contributed by atoms with E-state index in [1.54, 1.807) is 36.3 Å². The van der Waals surface area contributed by atoms with Crippen LogP contribution in [0.1, 0.15) is 37.0 Å². The van der Waals surface area contributed by atoms with E-state index >= 15 is 0 Å². The summed E-state index contributed by atoms with van der Waals surface area (Å²) in [6.45, 7) is 7.16. The fourth-order valence-electron chi connectivity index (χ4n) is 3.12. The number of benzene rings is 1. The molecule has 2 rings (SSSR count). The van der Waals surface area contributed by atoms with Gasteiger partial charge in [0.15, 0.2) is 5.96 Å². The molecule has 9 heteroatoms. The maximum Gasteiger partial charge on any atom is 0.409 e. The second-order valence-corrected chi connectivity index (χ2v) is 6.85. The van der Waals surface area contributed by atoms with Crippen molar-refractivity contribution in [1.82, 2.24) is 20.9 Å². The zero-order valence-corrected chi connectivity index (χ0v) is 18.1. The SMILES string of the molecule is CCNC(=NCCNC(=O)c1ccc(OC)cc1)NC1CCN(C(=O)OCC)CC1. The Labute approximate surface area is 178 Å². The van der Waals surface area contributed by atoms with Crippen LogP contribution < -0.4 is 20.7 Å². The number of nitrogens with one attached hydrogen (secondary N) is 3. The monoisotopic (exact) mass is 419 g/mol. The van der Waals surface area contributed by atoms with Crippen molar-refractivity contribution in [3.05, 3.63) is 29.8 Å². The molecule has 1 saturated heterocycles. The number of methoxy groups -OCH3 is 1. The molecule has 1 fully saturated rings. The van der Waals surface area contributed by atoms with Crippen molar-refractivity contribution in [2.75, 3.05) is 46.4 Å². The molecule has 0 saturated carbocycles. The minimum Gasteiger partial charge on any atom is -0.497 e. The van der Waals surface area contributed by atoms with E-state index in [0.717, 1.165) is 19.4 Å². The molecule has 1 heterocycles. The lowest BCUT2D eigenvalue weighted by molar-refractivity contribution is 0.0948. The van der Waals surface area contributed by atoms with Crippen LogP contribution in [-0.2, 0) is 4.74 Å². The second kappa shape index (κ2) is 12.6. The molecule has 0 aliphatic carbocycles. The lowest BCUT2D eigenvalue weighted by Gasteiger charge is -2.32. The van der Waals surface area contributed by atoms with Gasteiger partial charge in [-0.25, -0.2) is 4.79 Å². The fraction of sp³-hybridized carbons (Fsp3) is 0.571. The molecule has 9 nitrogen and oxygen atoms in total.